The summed E-state index contributed by atoms with van der Waals surface area (Å²) in [4.78, 5) is 2.44. The van der Waals surface area contributed by atoms with Crippen LogP contribution in [0.25, 0.3) is 0 Å². The second-order valence-electron chi connectivity index (χ2n) is 7.15. The molecule has 1 fully saturated rings. The van der Waals surface area contributed by atoms with Crippen LogP contribution in [0.1, 0.15) is 58.3 Å². The van der Waals surface area contributed by atoms with Crippen LogP contribution in [0.2, 0.25) is 12.6 Å². The Balaban J connectivity index is 1.62. The third-order valence-corrected chi connectivity index (χ3v) is 7.56. The van der Waals surface area contributed by atoms with Crippen LogP contribution >= 0.6 is 0 Å². The highest BCUT2D eigenvalue weighted by molar-refractivity contribution is 6.72. The fourth-order valence-electron chi connectivity index (χ4n) is 3.45. The molecule has 1 aromatic carbocycles. The summed E-state index contributed by atoms with van der Waals surface area (Å²) in [5.41, 5.74) is 1.36. The van der Waals surface area contributed by atoms with Gasteiger partial charge in [-0.3, -0.25) is 0 Å². The first-order valence-corrected chi connectivity index (χ1v) is 12.3. The van der Waals surface area contributed by atoms with Crippen LogP contribution in [0, 0.1) is 0 Å². The van der Waals surface area contributed by atoms with Crippen molar-refractivity contribution in [3.05, 3.63) is 24.3 Å². The van der Waals surface area contributed by atoms with E-state index in [2.05, 4.69) is 42.6 Å². The molecule has 0 unspecified atom stereocenters. The summed E-state index contributed by atoms with van der Waals surface area (Å²) in [5.74, 6) is 0. The summed E-state index contributed by atoms with van der Waals surface area (Å²) < 4.78 is 5.44. The van der Waals surface area contributed by atoms with Gasteiger partial charge in [0.25, 0.3) is 0 Å². The molecule has 1 aromatic rings. The zero-order chi connectivity index (χ0) is 17.0. The lowest BCUT2D eigenvalue weighted by Crippen LogP contribution is -2.36. The molecule has 0 atom stereocenters. The van der Waals surface area contributed by atoms with Gasteiger partial charge in [0.2, 0.25) is 0 Å². The number of rotatable bonds is 11. The number of hydrogen-bond donors (Lipinski definition) is 0. The standard InChI is InChI=1S/C21H36NOSi/c1-3-4-5-6-7-8-9-10-19-24(2)21-13-11-20(12-14-21)22-15-17-23-18-16-22/h11-14H,3-10,15-19H2,1-2H3. The predicted molar refractivity (Wildman–Crippen MR) is 108 cm³/mol. The molecule has 3 heteroatoms. The number of benzene rings is 1. The summed E-state index contributed by atoms with van der Waals surface area (Å²) in [5, 5.41) is 1.60. The Morgan fingerprint density at radius 1 is 0.875 bits per heavy atom. The minimum Gasteiger partial charge on any atom is -0.378 e. The SMILES string of the molecule is CCCCCCCCCC[Si](C)c1ccc(N2CCOCC2)cc1. The van der Waals surface area contributed by atoms with Gasteiger partial charge in [-0.15, -0.1) is 0 Å². The van der Waals surface area contributed by atoms with Crippen molar-refractivity contribution in [1.82, 2.24) is 0 Å². The van der Waals surface area contributed by atoms with Crippen molar-refractivity contribution in [2.45, 2.75) is 70.9 Å². The molecule has 0 spiro atoms. The maximum atomic E-state index is 5.44. The number of unbranched alkanes of at least 4 members (excludes halogenated alkanes) is 7. The first-order chi connectivity index (χ1) is 11.8. The minimum absolute atomic E-state index is 0.358. The van der Waals surface area contributed by atoms with E-state index in [-0.39, 0.29) is 8.80 Å². The second kappa shape index (κ2) is 11.7. The Kier molecular flexibility index (Phi) is 9.52. The van der Waals surface area contributed by atoms with E-state index >= 15 is 0 Å². The van der Waals surface area contributed by atoms with Crippen LogP contribution in [-0.2, 0) is 4.74 Å². The number of morpholine rings is 1. The zero-order valence-electron chi connectivity index (χ0n) is 15.9. The van der Waals surface area contributed by atoms with E-state index in [1.807, 2.05) is 0 Å². The third-order valence-electron chi connectivity index (χ3n) is 5.14. The van der Waals surface area contributed by atoms with E-state index < -0.39 is 0 Å². The van der Waals surface area contributed by atoms with Crippen LogP contribution in [0.4, 0.5) is 5.69 Å². The van der Waals surface area contributed by atoms with Crippen molar-refractivity contribution >= 4 is 19.7 Å². The highest BCUT2D eigenvalue weighted by atomic mass is 28.3. The molecule has 24 heavy (non-hydrogen) atoms. The van der Waals surface area contributed by atoms with Crippen molar-refractivity contribution in [3.8, 4) is 0 Å². The van der Waals surface area contributed by atoms with Crippen LogP contribution < -0.4 is 10.1 Å². The first-order valence-electron chi connectivity index (χ1n) is 10.1. The summed E-state index contributed by atoms with van der Waals surface area (Å²) in [6.07, 6.45) is 11.4. The molecular formula is C21H36NOSi. The van der Waals surface area contributed by atoms with E-state index in [1.165, 1.54) is 63.1 Å². The van der Waals surface area contributed by atoms with Crippen molar-refractivity contribution < 1.29 is 4.74 Å². The van der Waals surface area contributed by atoms with Crippen molar-refractivity contribution in [1.29, 1.82) is 0 Å². The quantitative estimate of drug-likeness (QED) is 0.413. The van der Waals surface area contributed by atoms with Gasteiger partial charge in [0.1, 0.15) is 0 Å². The molecule has 0 aliphatic carbocycles. The average molecular weight is 347 g/mol. The van der Waals surface area contributed by atoms with E-state index in [0.29, 0.717) is 0 Å². The third kappa shape index (κ3) is 6.98. The Morgan fingerprint density at radius 2 is 1.46 bits per heavy atom. The van der Waals surface area contributed by atoms with Crippen LogP contribution in [-0.4, -0.2) is 35.1 Å². The van der Waals surface area contributed by atoms with Gasteiger partial charge in [0.15, 0.2) is 0 Å². The number of nitrogens with zero attached hydrogens (tertiary/aromatic N) is 1. The van der Waals surface area contributed by atoms with Crippen molar-refractivity contribution in [2.24, 2.45) is 0 Å². The van der Waals surface area contributed by atoms with Crippen molar-refractivity contribution in [2.75, 3.05) is 31.2 Å². The van der Waals surface area contributed by atoms with Gasteiger partial charge < -0.3 is 9.64 Å². The van der Waals surface area contributed by atoms with E-state index in [0.717, 1.165) is 26.3 Å². The lowest BCUT2D eigenvalue weighted by atomic mass is 10.1. The molecule has 2 rings (SSSR count). The van der Waals surface area contributed by atoms with Gasteiger partial charge in [0, 0.05) is 18.8 Å². The Labute approximate surface area is 151 Å². The zero-order valence-corrected chi connectivity index (χ0v) is 16.9. The van der Waals surface area contributed by atoms with E-state index in [1.54, 1.807) is 5.19 Å². The topological polar surface area (TPSA) is 12.5 Å². The molecule has 1 aliphatic heterocycles. The van der Waals surface area contributed by atoms with Gasteiger partial charge in [-0.05, 0) is 12.1 Å². The Hall–Kier alpha value is -0.803. The number of anilines is 1. The number of hydrogen-bond acceptors (Lipinski definition) is 2. The Bertz CT molecular complexity index is 428. The minimum atomic E-state index is -0.358. The highest BCUT2D eigenvalue weighted by Crippen LogP contribution is 2.15. The van der Waals surface area contributed by atoms with E-state index in [9.17, 15) is 0 Å². The smallest absolute Gasteiger partial charge is 0.0824 e. The molecule has 0 bridgehead atoms. The molecule has 1 saturated heterocycles. The average Bonchev–Trinajstić information content (AvgIpc) is 2.64. The molecule has 0 amide bonds. The van der Waals surface area contributed by atoms with Crippen LogP contribution in [0.5, 0.6) is 0 Å². The fraction of sp³-hybridized carbons (Fsp3) is 0.714. The monoisotopic (exact) mass is 346 g/mol. The largest absolute Gasteiger partial charge is 0.378 e. The lowest BCUT2D eigenvalue weighted by molar-refractivity contribution is 0.122. The normalized spacial score (nSPS) is 15.2. The molecule has 0 aromatic heterocycles. The molecule has 1 aliphatic rings. The maximum Gasteiger partial charge on any atom is 0.0824 e. The van der Waals surface area contributed by atoms with Gasteiger partial charge in [-0.25, -0.2) is 0 Å². The summed E-state index contributed by atoms with van der Waals surface area (Å²) in [6, 6.07) is 10.8. The molecule has 1 radical (unpaired) electrons. The predicted octanol–water partition coefficient (Wildman–Crippen LogP) is 5.00. The van der Waals surface area contributed by atoms with Crippen molar-refractivity contribution in [3.63, 3.8) is 0 Å². The molecular weight excluding hydrogens is 310 g/mol. The maximum absolute atomic E-state index is 5.44. The second-order valence-corrected chi connectivity index (χ2v) is 9.79. The van der Waals surface area contributed by atoms with Crippen LogP contribution in [0.15, 0.2) is 24.3 Å². The molecule has 135 valence electrons. The van der Waals surface area contributed by atoms with Gasteiger partial charge in [0.05, 0.1) is 22.0 Å². The Morgan fingerprint density at radius 3 is 2.08 bits per heavy atom. The van der Waals surface area contributed by atoms with Gasteiger partial charge in [-0.1, -0.05) is 88.2 Å². The van der Waals surface area contributed by atoms with Crippen LogP contribution in [0.3, 0.4) is 0 Å². The lowest BCUT2D eigenvalue weighted by Gasteiger charge is -2.29. The molecule has 0 N–H and O–H groups in total. The molecule has 1 heterocycles. The molecule has 2 nitrogen and oxygen atoms in total. The summed E-state index contributed by atoms with van der Waals surface area (Å²) >= 11 is 0. The number of ether oxygens (including phenoxy) is 1. The summed E-state index contributed by atoms with van der Waals surface area (Å²) in [7, 11) is -0.358. The highest BCUT2D eigenvalue weighted by Gasteiger charge is 2.12. The first kappa shape index (κ1) is 19.5. The molecule has 0 saturated carbocycles. The van der Waals surface area contributed by atoms with Gasteiger partial charge in [-0.2, -0.15) is 0 Å². The fourth-order valence-corrected chi connectivity index (χ4v) is 5.25. The summed E-state index contributed by atoms with van der Waals surface area (Å²) in [6.45, 7) is 8.56. The van der Waals surface area contributed by atoms with E-state index in [4.69, 9.17) is 4.74 Å². The van der Waals surface area contributed by atoms with Gasteiger partial charge >= 0.3 is 0 Å².